The molecule has 0 saturated carbocycles. The fraction of sp³-hybridized carbons (Fsp3) is 1.00. The standard InChI is InChI=1S/C11H26N4O2S/c1-13-9-5-11(6-10-13)15(3)18(16,17)14(2)8-4-7-12/h11H,4-10,12H2,1-3H3. The van der Waals surface area contributed by atoms with Gasteiger partial charge >= 0.3 is 0 Å². The van der Waals surface area contributed by atoms with Gasteiger partial charge in [0, 0.05) is 26.7 Å². The molecule has 1 aliphatic heterocycles. The van der Waals surface area contributed by atoms with Crippen LogP contribution in [0, 0.1) is 0 Å². The first-order valence-electron chi connectivity index (χ1n) is 6.47. The predicted octanol–water partition coefficient (Wildman–Crippen LogP) is -0.462. The molecule has 0 aliphatic carbocycles. The maximum Gasteiger partial charge on any atom is 0.281 e. The van der Waals surface area contributed by atoms with Gasteiger partial charge in [0.25, 0.3) is 10.2 Å². The van der Waals surface area contributed by atoms with Gasteiger partial charge in [-0.1, -0.05) is 0 Å². The molecule has 18 heavy (non-hydrogen) atoms. The zero-order valence-corrected chi connectivity index (χ0v) is 12.5. The van der Waals surface area contributed by atoms with Crippen LogP contribution in [-0.4, -0.2) is 75.3 Å². The molecule has 1 heterocycles. The van der Waals surface area contributed by atoms with Crippen molar-refractivity contribution in [3.63, 3.8) is 0 Å². The van der Waals surface area contributed by atoms with E-state index in [4.69, 9.17) is 5.73 Å². The van der Waals surface area contributed by atoms with Gasteiger partial charge in [0.1, 0.15) is 0 Å². The van der Waals surface area contributed by atoms with Crippen molar-refractivity contribution in [2.75, 3.05) is 47.3 Å². The average molecular weight is 278 g/mol. The SMILES string of the molecule is CN1CCC(N(C)S(=O)(=O)N(C)CCCN)CC1. The fourth-order valence-electron chi connectivity index (χ4n) is 2.20. The van der Waals surface area contributed by atoms with E-state index in [1.807, 2.05) is 0 Å². The summed E-state index contributed by atoms with van der Waals surface area (Å²) in [6.45, 7) is 2.90. The number of piperidine rings is 1. The molecule has 1 aliphatic rings. The summed E-state index contributed by atoms with van der Waals surface area (Å²) < 4.78 is 27.6. The number of hydrogen-bond donors (Lipinski definition) is 1. The predicted molar refractivity (Wildman–Crippen MR) is 73.5 cm³/mol. The molecular formula is C11H26N4O2S. The third kappa shape index (κ3) is 3.89. The highest BCUT2D eigenvalue weighted by Crippen LogP contribution is 2.18. The average Bonchev–Trinajstić information content (AvgIpc) is 2.35. The molecule has 108 valence electrons. The van der Waals surface area contributed by atoms with Crippen LogP contribution in [-0.2, 0) is 10.2 Å². The van der Waals surface area contributed by atoms with E-state index < -0.39 is 10.2 Å². The molecule has 0 aromatic heterocycles. The second kappa shape index (κ2) is 6.81. The Balaban J connectivity index is 2.60. The van der Waals surface area contributed by atoms with Gasteiger partial charge in [-0.3, -0.25) is 0 Å². The van der Waals surface area contributed by atoms with E-state index >= 15 is 0 Å². The van der Waals surface area contributed by atoms with Gasteiger partial charge < -0.3 is 10.6 Å². The quantitative estimate of drug-likeness (QED) is 0.714. The molecule has 1 fully saturated rings. The Kier molecular flexibility index (Phi) is 6.00. The zero-order valence-electron chi connectivity index (χ0n) is 11.7. The summed E-state index contributed by atoms with van der Waals surface area (Å²) in [6.07, 6.45) is 2.49. The summed E-state index contributed by atoms with van der Waals surface area (Å²) in [6, 6.07) is 0.117. The maximum atomic E-state index is 12.3. The highest BCUT2D eigenvalue weighted by Gasteiger charge is 2.31. The Morgan fingerprint density at radius 3 is 2.33 bits per heavy atom. The molecule has 0 radical (unpaired) electrons. The van der Waals surface area contributed by atoms with Crippen molar-refractivity contribution in [1.29, 1.82) is 0 Å². The third-order valence-electron chi connectivity index (χ3n) is 3.64. The lowest BCUT2D eigenvalue weighted by Gasteiger charge is -2.36. The van der Waals surface area contributed by atoms with Crippen LogP contribution in [0.1, 0.15) is 19.3 Å². The minimum Gasteiger partial charge on any atom is -0.330 e. The van der Waals surface area contributed by atoms with E-state index in [2.05, 4.69) is 11.9 Å². The van der Waals surface area contributed by atoms with Crippen LogP contribution in [0.3, 0.4) is 0 Å². The first kappa shape index (κ1) is 15.8. The molecule has 6 nitrogen and oxygen atoms in total. The Morgan fingerprint density at radius 1 is 1.28 bits per heavy atom. The Labute approximate surface area is 111 Å². The summed E-state index contributed by atoms with van der Waals surface area (Å²) in [5, 5.41) is 0. The number of rotatable bonds is 6. The second-order valence-corrected chi connectivity index (χ2v) is 7.12. The van der Waals surface area contributed by atoms with Gasteiger partial charge in [0.05, 0.1) is 0 Å². The molecule has 0 bridgehead atoms. The summed E-state index contributed by atoms with van der Waals surface area (Å²) in [5.74, 6) is 0. The van der Waals surface area contributed by atoms with Gasteiger partial charge in [-0.05, 0) is 45.9 Å². The molecule has 0 unspecified atom stereocenters. The lowest BCUT2D eigenvalue weighted by Crippen LogP contribution is -2.49. The van der Waals surface area contributed by atoms with E-state index in [0.717, 1.165) is 25.9 Å². The smallest absolute Gasteiger partial charge is 0.281 e. The molecule has 0 spiro atoms. The third-order valence-corrected chi connectivity index (χ3v) is 5.63. The maximum absolute atomic E-state index is 12.3. The number of nitrogens with two attached hydrogens (primary N) is 1. The van der Waals surface area contributed by atoms with Crippen molar-refractivity contribution in [2.24, 2.45) is 5.73 Å². The van der Waals surface area contributed by atoms with Crippen molar-refractivity contribution >= 4 is 10.2 Å². The first-order valence-corrected chi connectivity index (χ1v) is 7.87. The van der Waals surface area contributed by atoms with E-state index in [1.54, 1.807) is 14.1 Å². The van der Waals surface area contributed by atoms with Gasteiger partial charge in [-0.15, -0.1) is 0 Å². The van der Waals surface area contributed by atoms with Crippen molar-refractivity contribution in [3.05, 3.63) is 0 Å². The van der Waals surface area contributed by atoms with Crippen molar-refractivity contribution in [2.45, 2.75) is 25.3 Å². The molecule has 1 rings (SSSR count). The molecule has 0 aromatic rings. The van der Waals surface area contributed by atoms with Crippen LogP contribution >= 0.6 is 0 Å². The van der Waals surface area contributed by atoms with E-state index in [0.29, 0.717) is 19.5 Å². The summed E-state index contributed by atoms with van der Waals surface area (Å²) in [4.78, 5) is 2.23. The largest absolute Gasteiger partial charge is 0.330 e. The van der Waals surface area contributed by atoms with Crippen LogP contribution in [0.15, 0.2) is 0 Å². The van der Waals surface area contributed by atoms with Crippen molar-refractivity contribution < 1.29 is 8.42 Å². The Morgan fingerprint density at radius 2 is 1.83 bits per heavy atom. The minimum absolute atomic E-state index is 0.117. The molecule has 0 atom stereocenters. The lowest BCUT2D eigenvalue weighted by atomic mass is 10.1. The molecule has 7 heteroatoms. The lowest BCUT2D eigenvalue weighted by molar-refractivity contribution is 0.192. The van der Waals surface area contributed by atoms with Crippen molar-refractivity contribution in [3.8, 4) is 0 Å². The van der Waals surface area contributed by atoms with Gasteiger partial charge in [0.15, 0.2) is 0 Å². The second-order valence-electron chi connectivity index (χ2n) is 5.02. The molecule has 0 amide bonds. The topological polar surface area (TPSA) is 69.9 Å². The Bertz CT molecular complexity index is 339. The van der Waals surface area contributed by atoms with Crippen LogP contribution < -0.4 is 5.73 Å². The summed E-state index contributed by atoms with van der Waals surface area (Å²) in [7, 11) is 2.04. The normalized spacial score (nSPS) is 19.9. The Hall–Kier alpha value is -0.210. The van der Waals surface area contributed by atoms with Crippen LogP contribution in [0.4, 0.5) is 0 Å². The number of likely N-dealkylation sites (tertiary alicyclic amines) is 1. The van der Waals surface area contributed by atoms with E-state index in [-0.39, 0.29) is 6.04 Å². The highest BCUT2D eigenvalue weighted by molar-refractivity contribution is 7.86. The number of nitrogens with zero attached hydrogens (tertiary/aromatic N) is 3. The van der Waals surface area contributed by atoms with Gasteiger partial charge in [0.2, 0.25) is 0 Å². The summed E-state index contributed by atoms with van der Waals surface area (Å²) in [5.41, 5.74) is 5.41. The zero-order chi connectivity index (χ0) is 13.8. The van der Waals surface area contributed by atoms with E-state index in [1.165, 1.54) is 8.61 Å². The van der Waals surface area contributed by atoms with Gasteiger partial charge in [-0.2, -0.15) is 17.0 Å². The molecular weight excluding hydrogens is 252 g/mol. The van der Waals surface area contributed by atoms with E-state index in [9.17, 15) is 8.42 Å². The monoisotopic (exact) mass is 278 g/mol. The summed E-state index contributed by atoms with van der Waals surface area (Å²) >= 11 is 0. The highest BCUT2D eigenvalue weighted by atomic mass is 32.2. The molecule has 0 aromatic carbocycles. The first-order chi connectivity index (χ1) is 8.39. The molecule has 2 N–H and O–H groups in total. The molecule has 1 saturated heterocycles. The van der Waals surface area contributed by atoms with Crippen LogP contribution in [0.2, 0.25) is 0 Å². The van der Waals surface area contributed by atoms with Crippen LogP contribution in [0.25, 0.3) is 0 Å². The van der Waals surface area contributed by atoms with Crippen molar-refractivity contribution in [1.82, 2.24) is 13.5 Å². The minimum atomic E-state index is -3.34. The number of hydrogen-bond acceptors (Lipinski definition) is 4. The van der Waals surface area contributed by atoms with Crippen LogP contribution in [0.5, 0.6) is 0 Å². The fourth-order valence-corrected chi connectivity index (χ4v) is 3.58. The van der Waals surface area contributed by atoms with Gasteiger partial charge in [-0.25, -0.2) is 0 Å².